The molecule has 0 N–H and O–H groups in total. The number of methoxy groups -OCH3 is 1. The van der Waals surface area contributed by atoms with Crippen LogP contribution in [-0.2, 0) is 15.2 Å². The maximum Gasteiger partial charge on any atom is 0.432 e. The van der Waals surface area contributed by atoms with Gasteiger partial charge in [-0.05, 0) is 12.1 Å². The number of nitriles is 1. The Morgan fingerprint density at radius 3 is 2.38 bits per heavy atom. The summed E-state index contributed by atoms with van der Waals surface area (Å²) in [7, 11) is 2.47. The summed E-state index contributed by atoms with van der Waals surface area (Å²) in [6.07, 6.45) is -4.71. The van der Waals surface area contributed by atoms with E-state index in [1.807, 2.05) is 6.07 Å². The summed E-state index contributed by atoms with van der Waals surface area (Å²) in [5.74, 6) is -1.88. The summed E-state index contributed by atoms with van der Waals surface area (Å²) in [6.45, 7) is -0.356. The molecule has 1 heterocycles. The zero-order chi connectivity index (χ0) is 18.1. The van der Waals surface area contributed by atoms with Gasteiger partial charge in [-0.15, -0.1) is 0 Å². The van der Waals surface area contributed by atoms with Gasteiger partial charge in [-0.25, -0.2) is 4.39 Å². The lowest BCUT2D eigenvalue weighted by molar-refractivity contribution is -0.214. The van der Waals surface area contributed by atoms with E-state index >= 15 is 0 Å². The Morgan fingerprint density at radius 1 is 1.33 bits per heavy atom. The van der Waals surface area contributed by atoms with Gasteiger partial charge >= 0.3 is 6.18 Å². The third-order valence-corrected chi connectivity index (χ3v) is 4.59. The molecule has 2 atom stereocenters. The lowest BCUT2D eigenvalue weighted by atomic mass is 9.91. The molecule has 1 aliphatic heterocycles. The molecule has 0 bridgehead atoms. The van der Waals surface area contributed by atoms with Crippen LogP contribution in [0.3, 0.4) is 0 Å². The van der Waals surface area contributed by atoms with Crippen molar-refractivity contribution in [2.45, 2.75) is 11.9 Å². The Kier molecular flexibility index (Phi) is 5.22. The molecule has 0 fully saturated rings. The van der Waals surface area contributed by atoms with Gasteiger partial charge in [0.15, 0.2) is 5.72 Å². The third-order valence-electron chi connectivity index (χ3n) is 3.76. The van der Waals surface area contributed by atoms with E-state index in [9.17, 15) is 22.8 Å². The fourth-order valence-electron chi connectivity index (χ4n) is 2.76. The number of rotatable bonds is 4. The lowest BCUT2D eigenvalue weighted by Gasteiger charge is -2.40. The molecule has 1 aromatic rings. The first-order valence-corrected chi connectivity index (χ1v) is 7.48. The van der Waals surface area contributed by atoms with Crippen molar-refractivity contribution in [1.82, 2.24) is 4.90 Å². The highest BCUT2D eigenvalue weighted by Gasteiger charge is 2.59. The minimum absolute atomic E-state index is 0.200. The van der Waals surface area contributed by atoms with Gasteiger partial charge in [-0.2, -0.15) is 18.4 Å². The zero-order valence-corrected chi connectivity index (χ0v) is 14.3. The predicted octanol–water partition coefficient (Wildman–Crippen LogP) is 3.85. The first-order valence-electron chi connectivity index (χ1n) is 6.69. The van der Waals surface area contributed by atoms with Gasteiger partial charge in [0, 0.05) is 24.2 Å². The Bertz CT molecular complexity index is 684. The van der Waals surface area contributed by atoms with Gasteiger partial charge in [0.05, 0.1) is 6.07 Å². The standard InChI is InChI=1S/C15H13BrF4N2O2/c1-22-13(15(18,19)20)12(16)11(7-21)14(22,24-8-23-2)9-3-5-10(17)6-4-9/h3-6,11H,8H2,1-2H3. The van der Waals surface area contributed by atoms with Crippen molar-refractivity contribution in [3.8, 4) is 6.07 Å². The number of alkyl halides is 3. The minimum Gasteiger partial charge on any atom is -0.359 e. The first-order chi connectivity index (χ1) is 11.2. The average molecular weight is 409 g/mol. The minimum atomic E-state index is -4.71. The molecule has 0 aromatic heterocycles. The zero-order valence-electron chi connectivity index (χ0n) is 12.7. The SMILES string of the molecule is COCOC1(c2ccc(F)cc2)C(C#N)C(Br)=C(C(F)(F)F)N1C. The largest absolute Gasteiger partial charge is 0.432 e. The van der Waals surface area contributed by atoms with Gasteiger partial charge in [0.2, 0.25) is 0 Å². The summed E-state index contributed by atoms with van der Waals surface area (Å²) < 4.78 is 63.6. The van der Waals surface area contributed by atoms with Gasteiger partial charge in [-0.1, -0.05) is 28.1 Å². The van der Waals surface area contributed by atoms with Crippen molar-refractivity contribution in [2.75, 3.05) is 21.0 Å². The van der Waals surface area contributed by atoms with Gasteiger partial charge in [0.25, 0.3) is 0 Å². The molecule has 0 amide bonds. The topological polar surface area (TPSA) is 45.5 Å². The van der Waals surface area contributed by atoms with Gasteiger partial charge < -0.3 is 14.4 Å². The molecular weight excluding hydrogens is 396 g/mol. The molecule has 0 aliphatic carbocycles. The Hall–Kier alpha value is -1.63. The monoisotopic (exact) mass is 408 g/mol. The number of hydrogen-bond donors (Lipinski definition) is 0. The summed E-state index contributed by atoms with van der Waals surface area (Å²) in [5.41, 5.74) is -2.64. The van der Waals surface area contributed by atoms with Crippen LogP contribution in [0.5, 0.6) is 0 Å². The second kappa shape index (κ2) is 6.70. The van der Waals surface area contributed by atoms with Crippen LogP contribution in [0.15, 0.2) is 34.4 Å². The van der Waals surface area contributed by atoms with E-state index in [1.54, 1.807) is 0 Å². The molecule has 0 radical (unpaired) electrons. The van der Waals surface area contributed by atoms with E-state index in [2.05, 4.69) is 15.9 Å². The highest BCUT2D eigenvalue weighted by atomic mass is 79.9. The van der Waals surface area contributed by atoms with Crippen LogP contribution in [0.2, 0.25) is 0 Å². The molecule has 0 spiro atoms. The Labute approximate surface area is 144 Å². The van der Waals surface area contributed by atoms with Crippen LogP contribution in [-0.4, -0.2) is 32.0 Å². The maximum absolute atomic E-state index is 13.4. The van der Waals surface area contributed by atoms with Crippen molar-refractivity contribution in [3.05, 3.63) is 45.8 Å². The van der Waals surface area contributed by atoms with Crippen LogP contribution in [0.4, 0.5) is 17.6 Å². The maximum atomic E-state index is 13.4. The molecule has 9 heteroatoms. The number of nitrogens with zero attached hydrogens (tertiary/aromatic N) is 2. The Balaban J connectivity index is 2.67. The quantitative estimate of drug-likeness (QED) is 0.560. The molecule has 2 unspecified atom stereocenters. The molecule has 130 valence electrons. The smallest absolute Gasteiger partial charge is 0.359 e. The van der Waals surface area contributed by atoms with E-state index in [4.69, 9.17) is 9.47 Å². The van der Waals surface area contributed by atoms with Crippen molar-refractivity contribution >= 4 is 15.9 Å². The summed E-state index contributed by atoms with van der Waals surface area (Å²) in [4.78, 5) is 0.831. The highest BCUT2D eigenvalue weighted by molar-refractivity contribution is 9.11. The molecular formula is C15H13BrF4N2O2. The van der Waals surface area contributed by atoms with Crippen molar-refractivity contribution in [1.29, 1.82) is 5.26 Å². The lowest BCUT2D eigenvalue weighted by Crippen LogP contribution is -2.48. The number of hydrogen-bond acceptors (Lipinski definition) is 4. The van der Waals surface area contributed by atoms with Crippen molar-refractivity contribution in [2.24, 2.45) is 5.92 Å². The first kappa shape index (κ1) is 18.7. The van der Waals surface area contributed by atoms with Crippen LogP contribution in [0.1, 0.15) is 5.56 Å². The number of halogens is 5. The van der Waals surface area contributed by atoms with E-state index in [0.717, 1.165) is 17.0 Å². The van der Waals surface area contributed by atoms with E-state index in [0.29, 0.717) is 0 Å². The van der Waals surface area contributed by atoms with E-state index in [-0.39, 0.29) is 16.8 Å². The van der Waals surface area contributed by atoms with Crippen molar-refractivity contribution in [3.63, 3.8) is 0 Å². The normalized spacial score (nSPS) is 24.4. The average Bonchev–Trinajstić information content (AvgIpc) is 2.73. The molecule has 1 aromatic carbocycles. The van der Waals surface area contributed by atoms with Crippen LogP contribution < -0.4 is 0 Å². The Morgan fingerprint density at radius 2 is 1.92 bits per heavy atom. The number of benzene rings is 1. The fraction of sp³-hybridized carbons (Fsp3) is 0.400. The molecule has 4 nitrogen and oxygen atoms in total. The highest BCUT2D eigenvalue weighted by Crippen LogP contribution is 2.54. The van der Waals surface area contributed by atoms with E-state index < -0.39 is 29.3 Å². The molecule has 0 saturated carbocycles. The third kappa shape index (κ3) is 2.90. The van der Waals surface area contributed by atoms with E-state index in [1.165, 1.54) is 26.3 Å². The second-order valence-electron chi connectivity index (χ2n) is 5.07. The van der Waals surface area contributed by atoms with Crippen molar-refractivity contribution < 1.29 is 27.0 Å². The summed E-state index contributed by atoms with van der Waals surface area (Å²) in [6, 6.07) is 6.59. The molecule has 1 aliphatic rings. The second-order valence-corrected chi connectivity index (χ2v) is 5.92. The molecule has 24 heavy (non-hydrogen) atoms. The van der Waals surface area contributed by atoms with Gasteiger partial charge in [0.1, 0.15) is 24.2 Å². The van der Waals surface area contributed by atoms with Gasteiger partial charge in [-0.3, -0.25) is 0 Å². The summed E-state index contributed by atoms with van der Waals surface area (Å²) in [5, 5.41) is 9.49. The van der Waals surface area contributed by atoms with Crippen LogP contribution in [0.25, 0.3) is 0 Å². The predicted molar refractivity (Wildman–Crippen MR) is 79.9 cm³/mol. The number of ether oxygens (including phenoxy) is 2. The number of allylic oxidation sites excluding steroid dienone is 1. The molecule has 2 rings (SSSR count). The summed E-state index contributed by atoms with van der Waals surface area (Å²) >= 11 is 2.89. The van der Waals surface area contributed by atoms with Crippen LogP contribution in [0, 0.1) is 23.1 Å². The van der Waals surface area contributed by atoms with Crippen LogP contribution >= 0.6 is 15.9 Å². The molecule has 0 saturated heterocycles. The fourth-order valence-corrected chi connectivity index (χ4v) is 3.66.